The lowest BCUT2D eigenvalue weighted by Gasteiger charge is -2.19. The predicted molar refractivity (Wildman–Crippen MR) is 73.1 cm³/mol. The van der Waals surface area contributed by atoms with Crippen molar-refractivity contribution < 1.29 is 4.74 Å². The Balaban J connectivity index is 2.52. The molecule has 1 unspecified atom stereocenters. The van der Waals surface area contributed by atoms with Crippen LogP contribution in [0.2, 0.25) is 0 Å². The average Bonchev–Trinajstić information content (AvgIpc) is 2.74. The number of benzene rings is 1. The second kappa shape index (κ2) is 5.51. The molecule has 0 radical (unpaired) electrons. The summed E-state index contributed by atoms with van der Waals surface area (Å²) < 4.78 is 8.05. The van der Waals surface area contributed by atoms with E-state index in [4.69, 9.17) is 10.6 Å². The lowest BCUT2D eigenvalue weighted by atomic mass is 10.0. The van der Waals surface area contributed by atoms with Gasteiger partial charge in [0.1, 0.15) is 5.69 Å². The molecule has 1 aromatic heterocycles. The Morgan fingerprint density at radius 3 is 2.78 bits per heavy atom. The number of aryl methyl sites for hydroxylation is 1. The topological polar surface area (TPSA) is 65.1 Å². The third-order valence-electron chi connectivity index (χ3n) is 2.83. The van der Waals surface area contributed by atoms with Gasteiger partial charge >= 0.3 is 0 Å². The maximum atomic E-state index is 5.69. The minimum atomic E-state index is -0.192. The van der Waals surface area contributed by atoms with Crippen LogP contribution >= 0.6 is 15.9 Å². The van der Waals surface area contributed by atoms with E-state index < -0.39 is 0 Å². The van der Waals surface area contributed by atoms with Gasteiger partial charge in [0.15, 0.2) is 5.75 Å². The van der Waals surface area contributed by atoms with Gasteiger partial charge in [-0.2, -0.15) is 5.10 Å². The van der Waals surface area contributed by atoms with Gasteiger partial charge in [-0.3, -0.25) is 10.5 Å². The first-order valence-corrected chi connectivity index (χ1v) is 6.24. The minimum absolute atomic E-state index is 0.192. The van der Waals surface area contributed by atoms with Crippen molar-refractivity contribution in [1.29, 1.82) is 0 Å². The van der Waals surface area contributed by atoms with Gasteiger partial charge in [0.25, 0.3) is 0 Å². The van der Waals surface area contributed by atoms with Crippen LogP contribution in [-0.2, 0) is 7.05 Å². The Labute approximate surface area is 114 Å². The normalized spacial score (nSPS) is 12.4. The summed E-state index contributed by atoms with van der Waals surface area (Å²) in [5.74, 6) is 6.39. The highest BCUT2D eigenvalue weighted by Crippen LogP contribution is 2.32. The molecular formula is C12H15BrN4O. The number of hydrogen-bond acceptors (Lipinski definition) is 4. The second-order valence-corrected chi connectivity index (χ2v) is 4.70. The Morgan fingerprint density at radius 2 is 2.17 bits per heavy atom. The molecule has 0 aliphatic carbocycles. The van der Waals surface area contributed by atoms with Crippen LogP contribution in [0.3, 0.4) is 0 Å². The van der Waals surface area contributed by atoms with Crippen molar-refractivity contribution in [2.24, 2.45) is 12.9 Å². The molecule has 0 fully saturated rings. The van der Waals surface area contributed by atoms with Gasteiger partial charge in [0, 0.05) is 11.5 Å². The van der Waals surface area contributed by atoms with Crippen LogP contribution in [0.4, 0.5) is 0 Å². The number of methoxy groups -OCH3 is 1. The predicted octanol–water partition coefficient (Wildman–Crippen LogP) is 1.74. The van der Waals surface area contributed by atoms with E-state index >= 15 is 0 Å². The number of hydrogen-bond donors (Lipinski definition) is 2. The minimum Gasteiger partial charge on any atom is -0.493 e. The van der Waals surface area contributed by atoms with Gasteiger partial charge in [-0.05, 0) is 11.6 Å². The van der Waals surface area contributed by atoms with Crippen molar-refractivity contribution in [3.8, 4) is 5.75 Å². The number of rotatable bonds is 4. The smallest absolute Gasteiger partial charge is 0.161 e. The van der Waals surface area contributed by atoms with Gasteiger partial charge < -0.3 is 4.74 Å². The number of aromatic nitrogens is 2. The average molecular weight is 311 g/mol. The maximum Gasteiger partial charge on any atom is 0.161 e. The summed E-state index contributed by atoms with van der Waals surface area (Å²) in [4.78, 5) is 0. The highest BCUT2D eigenvalue weighted by molar-refractivity contribution is 9.10. The molecule has 0 amide bonds. The van der Waals surface area contributed by atoms with E-state index in [9.17, 15) is 0 Å². The van der Waals surface area contributed by atoms with Crippen molar-refractivity contribution in [2.45, 2.75) is 6.04 Å². The Hall–Kier alpha value is -1.37. The van der Waals surface area contributed by atoms with Crippen LogP contribution in [0.1, 0.15) is 17.3 Å². The molecule has 1 heterocycles. The molecule has 1 aromatic carbocycles. The number of ether oxygens (including phenoxy) is 1. The van der Waals surface area contributed by atoms with E-state index in [1.54, 1.807) is 18.0 Å². The first-order valence-electron chi connectivity index (χ1n) is 5.45. The summed E-state index contributed by atoms with van der Waals surface area (Å²) in [6, 6.07) is 7.71. The van der Waals surface area contributed by atoms with Crippen molar-refractivity contribution >= 4 is 15.9 Å². The van der Waals surface area contributed by atoms with Crippen molar-refractivity contribution in [3.63, 3.8) is 0 Å². The lowest BCUT2D eigenvalue weighted by molar-refractivity contribution is 0.401. The second-order valence-electron chi connectivity index (χ2n) is 3.84. The van der Waals surface area contributed by atoms with Crippen LogP contribution in [0.15, 0.2) is 34.9 Å². The van der Waals surface area contributed by atoms with Crippen LogP contribution < -0.4 is 16.0 Å². The third kappa shape index (κ3) is 2.27. The van der Waals surface area contributed by atoms with E-state index in [1.807, 2.05) is 31.3 Å². The molecule has 0 saturated carbocycles. The summed E-state index contributed by atoms with van der Waals surface area (Å²) in [6.45, 7) is 0. The van der Waals surface area contributed by atoms with Crippen LogP contribution in [0, 0.1) is 0 Å². The maximum absolute atomic E-state index is 5.69. The molecule has 2 aromatic rings. The van der Waals surface area contributed by atoms with Gasteiger partial charge in [-0.15, -0.1) is 0 Å². The van der Waals surface area contributed by atoms with Crippen LogP contribution in [-0.4, -0.2) is 16.9 Å². The molecule has 6 heteroatoms. The molecule has 1 atom stereocenters. The molecule has 0 aliphatic rings. The first-order chi connectivity index (χ1) is 8.69. The van der Waals surface area contributed by atoms with Gasteiger partial charge in [-0.1, -0.05) is 34.1 Å². The van der Waals surface area contributed by atoms with Crippen LogP contribution in [0.25, 0.3) is 0 Å². The van der Waals surface area contributed by atoms with Crippen molar-refractivity contribution in [1.82, 2.24) is 15.2 Å². The van der Waals surface area contributed by atoms with Gasteiger partial charge in [0.05, 0.1) is 19.3 Å². The fourth-order valence-electron chi connectivity index (χ4n) is 1.94. The van der Waals surface area contributed by atoms with E-state index in [0.29, 0.717) is 5.75 Å². The zero-order valence-corrected chi connectivity index (χ0v) is 11.8. The first kappa shape index (κ1) is 13.1. The van der Waals surface area contributed by atoms with E-state index in [1.165, 1.54) is 0 Å². The zero-order chi connectivity index (χ0) is 13.1. The largest absolute Gasteiger partial charge is 0.493 e. The third-order valence-corrected chi connectivity index (χ3v) is 3.55. The fourth-order valence-corrected chi connectivity index (χ4v) is 2.45. The van der Waals surface area contributed by atoms with E-state index in [-0.39, 0.29) is 6.04 Å². The SMILES string of the molecule is COc1cnn(C)c1C(NN)c1ccccc1Br. The highest BCUT2D eigenvalue weighted by atomic mass is 79.9. The molecule has 0 saturated heterocycles. The molecule has 3 N–H and O–H groups in total. The van der Waals surface area contributed by atoms with Gasteiger partial charge in [-0.25, -0.2) is 5.43 Å². The van der Waals surface area contributed by atoms with Crippen LogP contribution in [0.5, 0.6) is 5.75 Å². The molecule has 0 aliphatic heterocycles. The molecular weight excluding hydrogens is 296 g/mol. The van der Waals surface area contributed by atoms with E-state index in [0.717, 1.165) is 15.7 Å². The fraction of sp³-hybridized carbons (Fsp3) is 0.250. The monoisotopic (exact) mass is 310 g/mol. The molecule has 0 spiro atoms. The summed E-state index contributed by atoms with van der Waals surface area (Å²) >= 11 is 3.53. The summed E-state index contributed by atoms with van der Waals surface area (Å²) in [5, 5.41) is 4.19. The number of halogens is 1. The Bertz CT molecular complexity index is 541. The molecule has 18 heavy (non-hydrogen) atoms. The van der Waals surface area contributed by atoms with Crippen molar-refractivity contribution in [2.75, 3.05) is 7.11 Å². The zero-order valence-electron chi connectivity index (χ0n) is 10.2. The molecule has 0 bridgehead atoms. The number of nitrogens with two attached hydrogens (primary N) is 1. The summed E-state index contributed by atoms with van der Waals surface area (Å²) in [5.41, 5.74) is 4.72. The summed E-state index contributed by atoms with van der Waals surface area (Å²) in [7, 11) is 3.48. The van der Waals surface area contributed by atoms with E-state index in [2.05, 4.69) is 26.5 Å². The summed E-state index contributed by atoms with van der Waals surface area (Å²) in [6.07, 6.45) is 1.68. The van der Waals surface area contributed by atoms with Gasteiger partial charge in [0.2, 0.25) is 0 Å². The quantitative estimate of drug-likeness (QED) is 0.667. The molecule has 96 valence electrons. The lowest BCUT2D eigenvalue weighted by Crippen LogP contribution is -2.31. The highest BCUT2D eigenvalue weighted by Gasteiger charge is 2.22. The number of nitrogens with one attached hydrogen (secondary N) is 1. The molecule has 5 nitrogen and oxygen atoms in total. The number of hydrazine groups is 1. The Morgan fingerprint density at radius 1 is 1.44 bits per heavy atom. The number of nitrogens with zero attached hydrogens (tertiary/aromatic N) is 2. The standard InChI is InChI=1S/C12H15BrN4O/c1-17-12(10(18-2)7-15-17)11(16-14)8-5-3-4-6-9(8)13/h3-7,11,16H,14H2,1-2H3. The molecule has 2 rings (SSSR count). The van der Waals surface area contributed by atoms with Crippen molar-refractivity contribution in [3.05, 3.63) is 46.2 Å². The Kier molecular flexibility index (Phi) is 4.00.